The van der Waals surface area contributed by atoms with Crippen molar-refractivity contribution >= 4 is 11.3 Å². The number of hydrogen-bond acceptors (Lipinski definition) is 2. The van der Waals surface area contributed by atoms with E-state index in [0.717, 1.165) is 13.0 Å². The van der Waals surface area contributed by atoms with Gasteiger partial charge in [0.15, 0.2) is 0 Å². The third-order valence-electron chi connectivity index (χ3n) is 2.04. The summed E-state index contributed by atoms with van der Waals surface area (Å²) in [5.41, 5.74) is 0. The van der Waals surface area contributed by atoms with E-state index in [4.69, 9.17) is 0 Å². The average Bonchev–Trinajstić information content (AvgIpc) is 2.59. The number of rotatable bonds is 4. The highest BCUT2D eigenvalue weighted by Crippen LogP contribution is 2.24. The van der Waals surface area contributed by atoms with Crippen molar-refractivity contribution in [2.24, 2.45) is 0 Å². The lowest BCUT2D eigenvalue weighted by Crippen LogP contribution is -2.19. The second-order valence-electron chi connectivity index (χ2n) is 3.19. The molecule has 1 aromatic heterocycles. The highest BCUT2D eigenvalue weighted by atomic mass is 32.1. The summed E-state index contributed by atoms with van der Waals surface area (Å²) in [6, 6.07) is 4.78. The molecule has 0 fully saturated rings. The second kappa shape index (κ2) is 5.85. The van der Waals surface area contributed by atoms with Crippen molar-refractivity contribution in [1.82, 2.24) is 5.32 Å². The molecule has 1 N–H and O–H groups in total. The third-order valence-corrected chi connectivity index (χ3v) is 3.15. The van der Waals surface area contributed by atoms with Gasteiger partial charge in [-0.25, -0.2) is 0 Å². The molecule has 0 saturated carbocycles. The maximum absolute atomic E-state index is 3.45. The Kier molecular flexibility index (Phi) is 4.72. The molecule has 0 radical (unpaired) electrons. The van der Waals surface area contributed by atoms with Gasteiger partial charge in [0.1, 0.15) is 0 Å². The van der Waals surface area contributed by atoms with Crippen molar-refractivity contribution < 1.29 is 0 Å². The van der Waals surface area contributed by atoms with Gasteiger partial charge in [0.05, 0.1) is 6.04 Å². The second-order valence-corrected chi connectivity index (χ2v) is 4.51. The van der Waals surface area contributed by atoms with Crippen LogP contribution in [0.2, 0.25) is 0 Å². The van der Waals surface area contributed by atoms with Crippen LogP contribution in [0.15, 0.2) is 12.1 Å². The van der Waals surface area contributed by atoms with E-state index in [1.165, 1.54) is 9.75 Å². The maximum atomic E-state index is 3.45. The molecule has 0 aromatic carbocycles. The van der Waals surface area contributed by atoms with Crippen LogP contribution in [0.25, 0.3) is 0 Å². The molecule has 0 amide bonds. The van der Waals surface area contributed by atoms with Crippen LogP contribution < -0.4 is 5.32 Å². The zero-order valence-electron chi connectivity index (χ0n) is 9.05. The van der Waals surface area contributed by atoms with E-state index in [-0.39, 0.29) is 0 Å². The first-order valence-corrected chi connectivity index (χ1v) is 5.79. The van der Waals surface area contributed by atoms with Gasteiger partial charge in [0.2, 0.25) is 0 Å². The van der Waals surface area contributed by atoms with E-state index in [0.29, 0.717) is 6.04 Å². The first-order valence-electron chi connectivity index (χ1n) is 4.97. The van der Waals surface area contributed by atoms with Crippen molar-refractivity contribution in [3.05, 3.63) is 21.9 Å². The van der Waals surface area contributed by atoms with Crippen LogP contribution in [-0.4, -0.2) is 6.54 Å². The summed E-state index contributed by atoms with van der Waals surface area (Å²) < 4.78 is 0. The van der Waals surface area contributed by atoms with Gasteiger partial charge in [-0.3, -0.25) is 0 Å². The van der Waals surface area contributed by atoms with Gasteiger partial charge in [-0.2, -0.15) is 0 Å². The highest BCUT2D eigenvalue weighted by molar-refractivity contribution is 7.12. The van der Waals surface area contributed by atoms with Gasteiger partial charge in [-0.1, -0.05) is 6.92 Å². The van der Waals surface area contributed by atoms with E-state index >= 15 is 0 Å². The van der Waals surface area contributed by atoms with Crippen molar-refractivity contribution in [3.8, 4) is 11.8 Å². The van der Waals surface area contributed by atoms with Gasteiger partial charge >= 0.3 is 0 Å². The van der Waals surface area contributed by atoms with Gasteiger partial charge in [0, 0.05) is 16.2 Å². The molecule has 1 heterocycles. The molecule has 1 atom stereocenters. The molecule has 0 bridgehead atoms. The van der Waals surface area contributed by atoms with Crippen LogP contribution in [0.1, 0.15) is 36.1 Å². The molecule has 0 aliphatic rings. The predicted molar refractivity (Wildman–Crippen MR) is 63.5 cm³/mol. The van der Waals surface area contributed by atoms with Gasteiger partial charge in [0.25, 0.3) is 0 Å². The van der Waals surface area contributed by atoms with E-state index < -0.39 is 0 Å². The zero-order chi connectivity index (χ0) is 10.4. The van der Waals surface area contributed by atoms with Crippen LogP contribution in [0, 0.1) is 18.8 Å². The van der Waals surface area contributed by atoms with Gasteiger partial charge in [-0.05, 0) is 32.5 Å². The summed E-state index contributed by atoms with van der Waals surface area (Å²) in [4.78, 5) is 2.76. The van der Waals surface area contributed by atoms with E-state index in [1.807, 2.05) is 18.3 Å². The van der Waals surface area contributed by atoms with Crippen LogP contribution in [0.4, 0.5) is 0 Å². The molecule has 1 unspecified atom stereocenters. The van der Waals surface area contributed by atoms with E-state index in [2.05, 4.69) is 43.1 Å². The minimum absolute atomic E-state index is 0.408. The zero-order valence-corrected chi connectivity index (χ0v) is 9.87. The van der Waals surface area contributed by atoms with E-state index in [1.54, 1.807) is 0 Å². The van der Waals surface area contributed by atoms with Crippen LogP contribution in [0.5, 0.6) is 0 Å². The summed E-state index contributed by atoms with van der Waals surface area (Å²) in [7, 11) is 0. The molecule has 0 aliphatic heterocycles. The molecule has 1 aromatic rings. The third kappa shape index (κ3) is 3.17. The Morgan fingerprint density at radius 1 is 1.50 bits per heavy atom. The summed E-state index contributed by atoms with van der Waals surface area (Å²) in [6.07, 6.45) is 0.907. The highest BCUT2D eigenvalue weighted by Gasteiger charge is 2.10. The normalized spacial score (nSPS) is 11.9. The number of aryl methyl sites for hydroxylation is 1. The standard InChI is InChI=1S/C12H17NS/c1-4-6-7-11(13-5-2)12-9-8-10(3)14-12/h8-9,11,13H,5,7H2,1-3H3. The number of nitrogens with one attached hydrogen (secondary N) is 1. The topological polar surface area (TPSA) is 12.0 Å². The summed E-state index contributed by atoms with van der Waals surface area (Å²) in [5.74, 6) is 6.08. The monoisotopic (exact) mass is 207 g/mol. The predicted octanol–water partition coefficient (Wildman–Crippen LogP) is 3.12. The average molecular weight is 207 g/mol. The Balaban J connectivity index is 2.69. The molecule has 14 heavy (non-hydrogen) atoms. The Morgan fingerprint density at radius 3 is 2.79 bits per heavy atom. The molecule has 0 aliphatic carbocycles. The fourth-order valence-corrected chi connectivity index (χ4v) is 2.32. The van der Waals surface area contributed by atoms with Crippen molar-refractivity contribution in [1.29, 1.82) is 0 Å². The lowest BCUT2D eigenvalue weighted by atomic mass is 10.1. The van der Waals surface area contributed by atoms with E-state index in [9.17, 15) is 0 Å². The quantitative estimate of drug-likeness (QED) is 0.748. The van der Waals surface area contributed by atoms with Gasteiger partial charge < -0.3 is 5.32 Å². The van der Waals surface area contributed by atoms with Crippen molar-refractivity contribution in [2.45, 2.75) is 33.2 Å². The maximum Gasteiger partial charge on any atom is 0.0525 e. The lowest BCUT2D eigenvalue weighted by Gasteiger charge is -2.12. The fraction of sp³-hybridized carbons (Fsp3) is 0.500. The Hall–Kier alpha value is -0.780. The molecule has 76 valence electrons. The lowest BCUT2D eigenvalue weighted by molar-refractivity contribution is 0.574. The summed E-state index contributed by atoms with van der Waals surface area (Å²) >= 11 is 1.86. The van der Waals surface area contributed by atoms with Crippen molar-refractivity contribution in [2.75, 3.05) is 6.54 Å². The number of hydrogen-bond donors (Lipinski definition) is 1. The first-order chi connectivity index (χ1) is 6.77. The SMILES string of the molecule is CC#CCC(NCC)c1ccc(C)s1. The Bertz CT molecular complexity index is 330. The minimum Gasteiger partial charge on any atom is -0.309 e. The fourth-order valence-electron chi connectivity index (χ4n) is 1.36. The molecule has 1 rings (SSSR count). The van der Waals surface area contributed by atoms with Crippen LogP contribution >= 0.6 is 11.3 Å². The summed E-state index contributed by atoms with van der Waals surface area (Å²) in [6.45, 7) is 7.16. The minimum atomic E-state index is 0.408. The molecular weight excluding hydrogens is 190 g/mol. The summed E-state index contributed by atoms with van der Waals surface area (Å²) in [5, 5.41) is 3.45. The molecular formula is C12H17NS. The van der Waals surface area contributed by atoms with Gasteiger partial charge in [-0.15, -0.1) is 23.2 Å². The molecule has 2 heteroatoms. The van der Waals surface area contributed by atoms with Crippen LogP contribution in [-0.2, 0) is 0 Å². The smallest absolute Gasteiger partial charge is 0.0525 e. The number of thiophene rings is 1. The van der Waals surface area contributed by atoms with Crippen LogP contribution in [0.3, 0.4) is 0 Å². The largest absolute Gasteiger partial charge is 0.309 e. The Morgan fingerprint density at radius 2 is 2.29 bits per heavy atom. The molecule has 0 saturated heterocycles. The molecule has 1 nitrogen and oxygen atoms in total. The van der Waals surface area contributed by atoms with Crippen molar-refractivity contribution in [3.63, 3.8) is 0 Å². The first kappa shape index (κ1) is 11.3. The molecule has 0 spiro atoms. The Labute approximate surface area is 90.5 Å².